The zero-order valence-electron chi connectivity index (χ0n) is 17.3. The highest BCUT2D eigenvalue weighted by atomic mass is 30.4. The molecule has 1 rings (SSSR count). The lowest BCUT2D eigenvalue weighted by Gasteiger charge is -2.48. The van der Waals surface area contributed by atoms with Gasteiger partial charge in [-0.2, -0.15) is 0 Å². The van der Waals surface area contributed by atoms with Crippen molar-refractivity contribution in [2.45, 2.75) is 19.4 Å². The molecule has 0 aliphatic heterocycles. The van der Waals surface area contributed by atoms with Crippen LogP contribution in [-0.4, -0.2) is 91.5 Å². The summed E-state index contributed by atoms with van der Waals surface area (Å²) in [6.45, 7) is -3.95. The van der Waals surface area contributed by atoms with Crippen molar-refractivity contribution >= 4 is 77.2 Å². The van der Waals surface area contributed by atoms with E-state index in [0.29, 0.717) is 24.0 Å². The Kier molecular flexibility index (Phi) is 10.5. The fourth-order valence-corrected chi connectivity index (χ4v) is 93.5. The van der Waals surface area contributed by atoms with Gasteiger partial charge in [-0.15, -0.1) is 0 Å². The molecular formula is C17H18O5Si9. The van der Waals surface area contributed by atoms with E-state index in [0.717, 1.165) is 11.1 Å². The topological polar surface area (TPSA) is 46.2 Å². The Morgan fingerprint density at radius 2 is 1.52 bits per heavy atom. The zero-order chi connectivity index (χ0) is 23.9. The van der Waals surface area contributed by atoms with Gasteiger partial charge >= 0.3 is 8.80 Å². The van der Waals surface area contributed by atoms with Crippen LogP contribution in [0.1, 0.15) is 11.1 Å². The normalized spacial score (nSPS) is 13.2. The third kappa shape index (κ3) is 6.01. The van der Waals surface area contributed by atoms with E-state index in [1.807, 2.05) is 19.1 Å². The third-order valence-corrected chi connectivity index (χ3v) is 81.6. The van der Waals surface area contributed by atoms with Crippen molar-refractivity contribution in [1.82, 2.24) is 0 Å². The van der Waals surface area contributed by atoms with Gasteiger partial charge in [-0.3, -0.25) is 0 Å². The van der Waals surface area contributed by atoms with Gasteiger partial charge in [0.2, 0.25) is 6.87 Å². The molecular weight excluding hydrogens is 537 g/mol. The summed E-state index contributed by atoms with van der Waals surface area (Å²) in [4.78, 5) is 0. The van der Waals surface area contributed by atoms with Gasteiger partial charge < -0.3 is 22.8 Å². The second-order valence-electron chi connectivity index (χ2n) is 6.44. The lowest BCUT2D eigenvalue weighted by molar-refractivity contribution is 0.351. The van der Waals surface area contributed by atoms with E-state index in [1.54, 1.807) is 14.2 Å². The second kappa shape index (κ2) is 11.6. The first-order chi connectivity index (χ1) is 14.4. The van der Waals surface area contributed by atoms with Crippen molar-refractivity contribution in [2.75, 3.05) is 14.2 Å². The largest absolute Gasteiger partial charge is 0.514 e. The molecule has 1 aromatic carbocycles. The maximum absolute atomic E-state index is 5.78. The first kappa shape index (κ1) is 27.9. The van der Waals surface area contributed by atoms with E-state index in [9.17, 15) is 0 Å². The summed E-state index contributed by atoms with van der Waals surface area (Å²) >= 11 is 0. The molecule has 0 heterocycles. The SMILES string of the molecule is C#CO[Si](OC#C)[Si](CCc1cc(C)cc(OC)c1OC)([Si]([Si])([Si])[Si])[Si]([Si])([Si])OC#C. The molecule has 1 aromatic rings. The standard InChI is InChI=1S/C17H18O5Si9/c1-7-20-28(21-8-2)29(31(25,26)27,30(23,24)22-9-3)11-10-15-12-14(4)13-16(18-5)17(15)19-6/h1-3,12-13H,10-11H2,4-6H3. The van der Waals surface area contributed by atoms with Crippen molar-refractivity contribution in [3.63, 3.8) is 0 Å². The molecule has 0 saturated heterocycles. The fourth-order valence-electron chi connectivity index (χ4n) is 3.21. The molecule has 31 heavy (non-hydrogen) atoms. The van der Waals surface area contributed by atoms with E-state index >= 15 is 0 Å². The highest BCUT2D eigenvalue weighted by Crippen LogP contribution is 2.36. The Morgan fingerprint density at radius 1 is 0.935 bits per heavy atom. The van der Waals surface area contributed by atoms with E-state index in [4.69, 9.17) is 42.0 Å². The predicted molar refractivity (Wildman–Crippen MR) is 134 cm³/mol. The number of benzene rings is 1. The van der Waals surface area contributed by atoms with Gasteiger partial charge in [0.05, 0.1) is 52.1 Å². The summed E-state index contributed by atoms with van der Waals surface area (Å²) in [7, 11) is 20.3. The lowest BCUT2D eigenvalue weighted by atomic mass is 10.1. The van der Waals surface area contributed by atoms with Crippen LogP contribution in [0.25, 0.3) is 0 Å². The van der Waals surface area contributed by atoms with Crippen LogP contribution in [0.2, 0.25) is 6.04 Å². The minimum absolute atomic E-state index is 0.579. The minimum Gasteiger partial charge on any atom is -0.514 e. The number of hydrogen-bond acceptors (Lipinski definition) is 5. The number of methoxy groups -OCH3 is 2. The molecule has 152 valence electrons. The molecule has 0 amide bonds. The van der Waals surface area contributed by atoms with Gasteiger partial charge in [-0.05, 0) is 30.5 Å². The average molecular weight is 555 g/mol. The summed E-state index contributed by atoms with van der Waals surface area (Å²) in [5, 5.41) is 0. The van der Waals surface area contributed by atoms with Gasteiger partial charge in [0.1, 0.15) is 0 Å². The lowest BCUT2D eigenvalue weighted by Crippen LogP contribution is -2.88. The minimum atomic E-state index is -3.01. The van der Waals surface area contributed by atoms with Crippen molar-refractivity contribution in [3.05, 3.63) is 23.3 Å². The second-order valence-corrected chi connectivity index (χ2v) is 55.0. The summed E-state index contributed by atoms with van der Waals surface area (Å²) in [5.74, 6) is 1.30. The Morgan fingerprint density at radius 3 is 1.94 bits per heavy atom. The molecule has 0 saturated carbocycles. The average Bonchev–Trinajstić information content (AvgIpc) is 2.66. The first-order valence-electron chi connectivity index (χ1n) is 8.68. The Hall–Kier alpha value is -1.15. The van der Waals surface area contributed by atoms with E-state index < -0.39 is 28.4 Å². The van der Waals surface area contributed by atoms with Crippen LogP contribution in [0.15, 0.2) is 12.1 Å². The molecule has 0 aliphatic carbocycles. The van der Waals surface area contributed by atoms with Gasteiger partial charge in [0.25, 0.3) is 0 Å². The number of ether oxygens (including phenoxy) is 2. The molecule has 1 atom stereocenters. The molecule has 0 spiro atoms. The smallest absolute Gasteiger partial charge is 0.512 e. The molecule has 1 unspecified atom stereocenters. The van der Waals surface area contributed by atoms with Crippen LogP contribution in [0.3, 0.4) is 0 Å². The fraction of sp³-hybridized carbons (Fsp3) is 0.294. The van der Waals surface area contributed by atoms with E-state index in [1.165, 1.54) is 0 Å². The molecule has 16 radical (unpaired) electrons. The molecule has 0 N–H and O–H groups in total. The van der Waals surface area contributed by atoms with Gasteiger partial charge in [0, 0.05) is 35.4 Å². The molecule has 0 bridgehead atoms. The predicted octanol–water partition coefficient (Wildman–Crippen LogP) is -0.731. The van der Waals surface area contributed by atoms with Crippen LogP contribution >= 0.6 is 0 Å². The summed E-state index contributed by atoms with van der Waals surface area (Å²) in [6.07, 6.45) is 21.2. The van der Waals surface area contributed by atoms with Crippen molar-refractivity contribution in [1.29, 1.82) is 0 Å². The third-order valence-electron chi connectivity index (χ3n) is 4.57. The number of terminal acetylenes is 3. The molecule has 0 fully saturated rings. The maximum atomic E-state index is 5.78. The number of rotatable bonds is 11. The highest BCUT2D eigenvalue weighted by Gasteiger charge is 2.69. The van der Waals surface area contributed by atoms with Gasteiger partial charge in [-0.25, -0.2) is 0 Å². The quantitative estimate of drug-likeness (QED) is 0.267. The molecule has 0 aromatic heterocycles. The van der Waals surface area contributed by atoms with Crippen molar-refractivity contribution < 1.29 is 22.8 Å². The van der Waals surface area contributed by atoms with Crippen molar-refractivity contribution in [2.24, 2.45) is 0 Å². The Balaban J connectivity index is 3.70. The van der Waals surface area contributed by atoms with Crippen molar-refractivity contribution in [3.8, 4) is 49.1 Å². The monoisotopic (exact) mass is 554 g/mol. The molecule has 5 nitrogen and oxygen atoms in total. The number of hydrogen-bond donors (Lipinski definition) is 0. The highest BCUT2D eigenvalue weighted by molar-refractivity contribution is 8.11. The van der Waals surface area contributed by atoms with Crippen LogP contribution in [0.5, 0.6) is 11.5 Å². The van der Waals surface area contributed by atoms with E-state index in [2.05, 4.69) is 67.1 Å². The van der Waals surface area contributed by atoms with Crippen LogP contribution in [-0.2, 0) is 19.7 Å². The number of aryl methyl sites for hydroxylation is 2. The molecule has 0 aliphatic rings. The zero-order valence-corrected chi connectivity index (χ0v) is 26.3. The first-order valence-corrected chi connectivity index (χ1v) is 26.6. The summed E-state index contributed by atoms with van der Waals surface area (Å²) < 4.78 is 28.2. The maximum Gasteiger partial charge on any atom is 0.512 e. The van der Waals surface area contributed by atoms with Crippen LogP contribution < -0.4 is 9.47 Å². The van der Waals surface area contributed by atoms with Crippen LogP contribution in [0, 0.1) is 44.5 Å². The Labute approximate surface area is 205 Å². The van der Waals surface area contributed by atoms with Crippen LogP contribution in [0.4, 0.5) is 0 Å². The summed E-state index contributed by atoms with van der Waals surface area (Å²) in [6, 6.07) is 4.54. The van der Waals surface area contributed by atoms with Gasteiger partial charge in [0.15, 0.2) is 18.1 Å². The summed E-state index contributed by atoms with van der Waals surface area (Å²) in [5.41, 5.74) is 1.98. The molecule has 14 heteroatoms. The van der Waals surface area contributed by atoms with Gasteiger partial charge in [-0.1, -0.05) is 31.4 Å². The van der Waals surface area contributed by atoms with E-state index in [-0.39, 0.29) is 0 Å². The Bertz CT molecular complexity index is 881.